The van der Waals surface area contributed by atoms with Gasteiger partial charge in [-0.1, -0.05) is 17.7 Å². The molecule has 150 valence electrons. The summed E-state index contributed by atoms with van der Waals surface area (Å²) < 4.78 is 31.2. The highest BCUT2D eigenvalue weighted by Crippen LogP contribution is 2.25. The zero-order valence-corrected chi connectivity index (χ0v) is 17.4. The number of fused-ring (bicyclic) bond motifs is 1. The third-order valence-electron chi connectivity index (χ3n) is 4.72. The van der Waals surface area contributed by atoms with Crippen molar-refractivity contribution in [1.82, 2.24) is 4.31 Å². The van der Waals surface area contributed by atoms with E-state index in [1.807, 2.05) is 25.1 Å². The van der Waals surface area contributed by atoms with Crippen LogP contribution >= 0.6 is 11.6 Å². The summed E-state index contributed by atoms with van der Waals surface area (Å²) in [5, 5.41) is 3.44. The Morgan fingerprint density at radius 1 is 1.21 bits per heavy atom. The summed E-state index contributed by atoms with van der Waals surface area (Å²) in [5.74, 6) is 0.365. The number of anilines is 1. The molecular weight excluding hydrogens is 400 g/mol. The highest BCUT2D eigenvalue weighted by molar-refractivity contribution is 7.89. The van der Waals surface area contributed by atoms with Crippen molar-refractivity contribution in [3.05, 3.63) is 58.1 Å². The Morgan fingerprint density at radius 2 is 2.00 bits per heavy atom. The molecule has 0 atom stereocenters. The number of sulfonamides is 1. The average Bonchev–Trinajstić information content (AvgIpc) is 2.68. The first-order valence-corrected chi connectivity index (χ1v) is 11.1. The number of halogens is 1. The van der Waals surface area contributed by atoms with Crippen LogP contribution in [-0.4, -0.2) is 37.5 Å². The van der Waals surface area contributed by atoms with E-state index in [-0.39, 0.29) is 18.3 Å². The lowest BCUT2D eigenvalue weighted by Crippen LogP contribution is -2.36. The van der Waals surface area contributed by atoms with Gasteiger partial charge in [0.1, 0.15) is 5.75 Å². The molecule has 1 aliphatic heterocycles. The van der Waals surface area contributed by atoms with E-state index < -0.39 is 10.0 Å². The van der Waals surface area contributed by atoms with Crippen LogP contribution in [-0.2, 0) is 27.8 Å². The van der Waals surface area contributed by atoms with Crippen molar-refractivity contribution in [2.45, 2.75) is 26.8 Å². The number of hydrogen-bond donors (Lipinski definition) is 1. The maximum atomic E-state index is 12.2. The van der Waals surface area contributed by atoms with Crippen molar-refractivity contribution in [2.75, 3.05) is 24.2 Å². The van der Waals surface area contributed by atoms with Crippen molar-refractivity contribution < 1.29 is 17.9 Å². The molecule has 0 fully saturated rings. The quantitative estimate of drug-likeness (QED) is 0.774. The fourth-order valence-corrected chi connectivity index (χ4v) is 4.27. The minimum absolute atomic E-state index is 0.0836. The largest absolute Gasteiger partial charge is 0.484 e. The lowest BCUT2D eigenvalue weighted by Gasteiger charge is -2.28. The van der Waals surface area contributed by atoms with Crippen molar-refractivity contribution >= 4 is 33.2 Å². The van der Waals surface area contributed by atoms with Crippen LogP contribution in [0.2, 0.25) is 5.02 Å². The van der Waals surface area contributed by atoms with Crippen LogP contribution in [0, 0.1) is 6.92 Å². The van der Waals surface area contributed by atoms with E-state index in [2.05, 4.69) is 5.32 Å². The molecular formula is C20H23ClN2O4S. The summed E-state index contributed by atoms with van der Waals surface area (Å²) in [6, 6.07) is 10.8. The molecule has 8 heteroatoms. The molecule has 1 heterocycles. The molecule has 1 N–H and O–H groups in total. The lowest BCUT2D eigenvalue weighted by molar-refractivity contribution is -0.118. The molecule has 0 saturated carbocycles. The minimum atomic E-state index is -3.23. The van der Waals surface area contributed by atoms with Crippen molar-refractivity contribution in [3.63, 3.8) is 0 Å². The van der Waals surface area contributed by atoms with E-state index in [1.165, 1.54) is 4.31 Å². The predicted molar refractivity (Wildman–Crippen MR) is 110 cm³/mol. The number of benzene rings is 2. The first kappa shape index (κ1) is 20.6. The maximum Gasteiger partial charge on any atom is 0.262 e. The Kier molecular flexibility index (Phi) is 6.27. The molecule has 0 spiro atoms. The maximum absolute atomic E-state index is 12.2. The minimum Gasteiger partial charge on any atom is -0.484 e. The molecule has 1 aliphatic rings. The van der Waals surface area contributed by atoms with Gasteiger partial charge in [-0.25, -0.2) is 8.42 Å². The van der Waals surface area contributed by atoms with Gasteiger partial charge in [-0.2, -0.15) is 4.31 Å². The van der Waals surface area contributed by atoms with Gasteiger partial charge < -0.3 is 10.1 Å². The number of hydrogen-bond acceptors (Lipinski definition) is 4. The number of amides is 1. The summed E-state index contributed by atoms with van der Waals surface area (Å²) >= 11 is 5.98. The number of carbonyl (C=O) groups excluding carboxylic acids is 1. The van der Waals surface area contributed by atoms with Crippen LogP contribution in [0.5, 0.6) is 5.75 Å². The Hall–Kier alpha value is -2.09. The third kappa shape index (κ3) is 4.84. The van der Waals surface area contributed by atoms with Crippen LogP contribution in [0.3, 0.4) is 0 Å². The van der Waals surface area contributed by atoms with Gasteiger partial charge in [-0.05, 0) is 67.3 Å². The molecule has 0 saturated heterocycles. The second-order valence-electron chi connectivity index (χ2n) is 6.72. The number of nitrogens with zero attached hydrogens (tertiary/aromatic N) is 1. The van der Waals surface area contributed by atoms with Crippen molar-refractivity contribution in [1.29, 1.82) is 0 Å². The monoisotopic (exact) mass is 422 g/mol. The highest BCUT2D eigenvalue weighted by Gasteiger charge is 2.25. The summed E-state index contributed by atoms with van der Waals surface area (Å²) in [5.41, 5.74) is 3.51. The van der Waals surface area contributed by atoms with Gasteiger partial charge in [-0.3, -0.25) is 4.79 Å². The Labute approximate surface area is 170 Å². The smallest absolute Gasteiger partial charge is 0.262 e. The van der Waals surface area contributed by atoms with Crippen molar-refractivity contribution in [3.8, 4) is 5.75 Å². The predicted octanol–water partition coefficient (Wildman–Crippen LogP) is 3.37. The highest BCUT2D eigenvalue weighted by atomic mass is 35.5. The first-order chi connectivity index (χ1) is 13.3. The molecule has 2 aromatic carbocycles. The van der Waals surface area contributed by atoms with Crippen LogP contribution in [0.4, 0.5) is 5.69 Å². The molecule has 0 unspecified atom stereocenters. The van der Waals surface area contributed by atoms with Crippen LogP contribution in [0.15, 0.2) is 36.4 Å². The van der Waals surface area contributed by atoms with Gasteiger partial charge in [-0.15, -0.1) is 0 Å². The molecule has 1 amide bonds. The van der Waals surface area contributed by atoms with E-state index in [9.17, 15) is 13.2 Å². The van der Waals surface area contributed by atoms with E-state index in [1.54, 1.807) is 25.1 Å². The zero-order valence-electron chi connectivity index (χ0n) is 15.9. The van der Waals surface area contributed by atoms with Gasteiger partial charge >= 0.3 is 0 Å². The van der Waals surface area contributed by atoms with Gasteiger partial charge in [0.05, 0.1) is 5.75 Å². The van der Waals surface area contributed by atoms with E-state index >= 15 is 0 Å². The second-order valence-corrected chi connectivity index (χ2v) is 9.38. The van der Waals surface area contributed by atoms with Crippen LogP contribution in [0.25, 0.3) is 0 Å². The summed E-state index contributed by atoms with van der Waals surface area (Å²) in [7, 11) is -3.23. The number of rotatable bonds is 6. The van der Waals surface area contributed by atoms with E-state index in [0.717, 1.165) is 16.7 Å². The zero-order chi connectivity index (χ0) is 20.3. The van der Waals surface area contributed by atoms with Gasteiger partial charge in [0.25, 0.3) is 5.91 Å². The molecule has 0 aromatic heterocycles. The fourth-order valence-electron chi connectivity index (χ4n) is 3.08. The molecule has 0 aliphatic carbocycles. The fraction of sp³-hybridized carbons (Fsp3) is 0.350. The van der Waals surface area contributed by atoms with E-state index in [4.69, 9.17) is 16.3 Å². The molecule has 28 heavy (non-hydrogen) atoms. The number of aryl methyl sites for hydroxylation is 1. The molecule has 0 bridgehead atoms. The van der Waals surface area contributed by atoms with Gasteiger partial charge in [0, 0.05) is 23.8 Å². The average molecular weight is 423 g/mol. The third-order valence-corrected chi connectivity index (χ3v) is 6.98. The Balaban J connectivity index is 1.63. The van der Waals surface area contributed by atoms with Crippen molar-refractivity contribution in [2.24, 2.45) is 0 Å². The van der Waals surface area contributed by atoms with Gasteiger partial charge in [0.2, 0.25) is 10.0 Å². The molecule has 0 radical (unpaired) electrons. The number of carbonyl (C=O) groups is 1. The number of nitrogens with one attached hydrogen (secondary N) is 1. The summed E-state index contributed by atoms with van der Waals surface area (Å²) in [4.78, 5) is 12.2. The second kappa shape index (κ2) is 8.51. The Morgan fingerprint density at radius 3 is 2.71 bits per heavy atom. The number of ether oxygens (including phenoxy) is 1. The normalized spacial score (nSPS) is 14.4. The first-order valence-electron chi connectivity index (χ1n) is 9.07. The lowest BCUT2D eigenvalue weighted by atomic mass is 10.0. The van der Waals surface area contributed by atoms with Crippen LogP contribution in [0.1, 0.15) is 23.6 Å². The standard InChI is InChI=1S/C20H23ClN2O4S/c1-3-28(25,26)23-9-8-15-4-5-17(11-16(15)12-23)22-20(24)13-27-18-6-7-19(21)14(2)10-18/h4-7,10-11H,3,8-9,12-13H2,1-2H3,(H,22,24). The Bertz CT molecular complexity index is 992. The van der Waals surface area contributed by atoms with Gasteiger partial charge in [0.15, 0.2) is 6.61 Å². The van der Waals surface area contributed by atoms with Crippen LogP contribution < -0.4 is 10.1 Å². The molecule has 2 aromatic rings. The SMILES string of the molecule is CCS(=O)(=O)N1CCc2ccc(NC(=O)COc3ccc(Cl)c(C)c3)cc2C1. The topological polar surface area (TPSA) is 75.7 Å². The molecule has 3 rings (SSSR count). The molecule has 6 nitrogen and oxygen atoms in total. The summed E-state index contributed by atoms with van der Waals surface area (Å²) in [6.07, 6.45) is 0.668. The summed E-state index contributed by atoms with van der Waals surface area (Å²) in [6.45, 7) is 4.20. The van der Waals surface area contributed by atoms with E-state index in [0.29, 0.717) is 36.0 Å².